The van der Waals surface area contributed by atoms with Gasteiger partial charge in [0, 0.05) is 4.43 Å². The molecule has 1 atom stereocenters. The molecular formula is C8H12INO4. The van der Waals surface area contributed by atoms with Gasteiger partial charge in [0.15, 0.2) is 0 Å². The minimum Gasteiger partial charge on any atom is -0.467 e. The molecule has 0 radical (unpaired) electrons. The summed E-state index contributed by atoms with van der Waals surface area (Å²) in [7, 11) is 1.26. The standard InChI is InChI=1S/C8H12INO4/c1-3-4-14-8(12)10-6(5-9)7(11)13-2/h3,6H,1,4-5H2,2H3,(H,10,12)/t6-/m0/s1. The zero-order chi connectivity index (χ0) is 11.0. The quantitative estimate of drug-likeness (QED) is 0.354. The summed E-state index contributed by atoms with van der Waals surface area (Å²) in [5.74, 6) is -0.491. The zero-order valence-electron chi connectivity index (χ0n) is 7.79. The predicted molar refractivity (Wildman–Crippen MR) is 59.4 cm³/mol. The lowest BCUT2D eigenvalue weighted by Gasteiger charge is -2.12. The number of esters is 1. The van der Waals surface area contributed by atoms with Gasteiger partial charge in [-0.25, -0.2) is 9.59 Å². The smallest absolute Gasteiger partial charge is 0.408 e. The largest absolute Gasteiger partial charge is 0.467 e. The van der Waals surface area contributed by atoms with E-state index in [4.69, 9.17) is 0 Å². The summed E-state index contributed by atoms with van der Waals surface area (Å²) in [6, 6.07) is -0.669. The molecule has 0 aliphatic carbocycles. The van der Waals surface area contributed by atoms with Crippen molar-refractivity contribution in [2.45, 2.75) is 6.04 Å². The van der Waals surface area contributed by atoms with Crippen molar-refractivity contribution in [2.75, 3.05) is 18.1 Å². The Kier molecular flexibility index (Phi) is 7.17. The predicted octanol–water partition coefficient (Wildman–Crippen LogP) is 0.875. The third kappa shape index (κ3) is 5.05. The summed E-state index contributed by atoms with van der Waals surface area (Å²) >= 11 is 1.97. The van der Waals surface area contributed by atoms with Crippen LogP contribution in [0.2, 0.25) is 0 Å². The topological polar surface area (TPSA) is 64.6 Å². The molecule has 6 heteroatoms. The number of hydrogen-bond acceptors (Lipinski definition) is 4. The molecule has 80 valence electrons. The maximum atomic E-state index is 11.0. The van der Waals surface area contributed by atoms with Crippen molar-refractivity contribution in [1.82, 2.24) is 5.32 Å². The highest BCUT2D eigenvalue weighted by atomic mass is 127. The molecule has 1 N–H and O–H groups in total. The normalized spacial score (nSPS) is 11.3. The molecule has 0 aliphatic heterocycles. The van der Waals surface area contributed by atoms with E-state index in [0.717, 1.165) is 0 Å². The van der Waals surface area contributed by atoms with E-state index in [0.29, 0.717) is 4.43 Å². The number of ether oxygens (including phenoxy) is 2. The first-order valence-electron chi connectivity index (χ1n) is 3.83. The monoisotopic (exact) mass is 313 g/mol. The maximum absolute atomic E-state index is 11.0. The van der Waals surface area contributed by atoms with Gasteiger partial charge < -0.3 is 14.8 Å². The Morgan fingerprint density at radius 2 is 2.29 bits per heavy atom. The van der Waals surface area contributed by atoms with Crippen LogP contribution in [-0.2, 0) is 14.3 Å². The Bertz CT molecular complexity index is 219. The van der Waals surface area contributed by atoms with Gasteiger partial charge in [-0.15, -0.1) is 0 Å². The van der Waals surface area contributed by atoms with Gasteiger partial charge in [-0.2, -0.15) is 0 Å². The number of alkyl halides is 1. The first-order chi connectivity index (χ1) is 6.65. The number of halogens is 1. The molecule has 14 heavy (non-hydrogen) atoms. The lowest BCUT2D eigenvalue weighted by molar-refractivity contribution is -0.142. The second-order valence-electron chi connectivity index (χ2n) is 2.26. The number of amides is 1. The fraction of sp³-hybridized carbons (Fsp3) is 0.500. The number of rotatable bonds is 5. The summed E-state index contributed by atoms with van der Waals surface area (Å²) in [6.07, 6.45) is 0.786. The van der Waals surface area contributed by atoms with Crippen LogP contribution in [0.3, 0.4) is 0 Å². The van der Waals surface area contributed by atoms with Crippen molar-refractivity contribution in [3.63, 3.8) is 0 Å². The van der Waals surface area contributed by atoms with Crippen molar-refractivity contribution in [3.8, 4) is 0 Å². The SMILES string of the molecule is C=CCOC(=O)N[C@@H](CI)C(=O)OC. The molecule has 0 fully saturated rings. The maximum Gasteiger partial charge on any atom is 0.408 e. The van der Waals surface area contributed by atoms with E-state index in [1.54, 1.807) is 0 Å². The van der Waals surface area contributed by atoms with Gasteiger partial charge in [0.25, 0.3) is 0 Å². The van der Waals surface area contributed by atoms with Crippen molar-refractivity contribution in [2.24, 2.45) is 0 Å². The average molecular weight is 313 g/mol. The van der Waals surface area contributed by atoms with Gasteiger partial charge in [-0.3, -0.25) is 0 Å². The third-order valence-corrected chi connectivity index (χ3v) is 2.15. The zero-order valence-corrected chi connectivity index (χ0v) is 9.94. The molecule has 0 aromatic rings. The van der Waals surface area contributed by atoms with Gasteiger partial charge in [0.2, 0.25) is 0 Å². The molecule has 0 heterocycles. The molecule has 5 nitrogen and oxygen atoms in total. The highest BCUT2D eigenvalue weighted by Crippen LogP contribution is 1.95. The van der Waals surface area contributed by atoms with Crippen LogP contribution in [0.1, 0.15) is 0 Å². The summed E-state index contributed by atoms with van der Waals surface area (Å²) in [4.78, 5) is 22.0. The highest BCUT2D eigenvalue weighted by molar-refractivity contribution is 14.1. The number of alkyl carbamates (subject to hydrolysis) is 1. The summed E-state index contributed by atoms with van der Waals surface area (Å²) in [5, 5.41) is 2.36. The van der Waals surface area contributed by atoms with Crippen LogP contribution in [0.15, 0.2) is 12.7 Å². The molecule has 0 unspecified atom stereocenters. The molecule has 0 aliphatic rings. The first kappa shape index (κ1) is 13.2. The van der Waals surface area contributed by atoms with E-state index in [9.17, 15) is 9.59 Å². The summed E-state index contributed by atoms with van der Waals surface area (Å²) in [5.41, 5.74) is 0. The van der Waals surface area contributed by atoms with Crippen LogP contribution in [0.5, 0.6) is 0 Å². The van der Waals surface area contributed by atoms with Crippen LogP contribution in [0, 0.1) is 0 Å². The molecular weight excluding hydrogens is 301 g/mol. The second kappa shape index (κ2) is 7.60. The molecule has 0 saturated carbocycles. The van der Waals surface area contributed by atoms with Gasteiger partial charge in [-0.05, 0) is 0 Å². The van der Waals surface area contributed by atoms with Gasteiger partial charge >= 0.3 is 12.1 Å². The van der Waals surface area contributed by atoms with E-state index in [1.807, 2.05) is 22.6 Å². The highest BCUT2D eigenvalue weighted by Gasteiger charge is 2.20. The number of methoxy groups -OCH3 is 1. The van der Waals surface area contributed by atoms with Crippen LogP contribution in [0.4, 0.5) is 4.79 Å². The average Bonchev–Trinajstić information content (AvgIpc) is 2.21. The number of nitrogens with one attached hydrogen (secondary N) is 1. The van der Waals surface area contributed by atoms with Gasteiger partial charge in [0.05, 0.1) is 7.11 Å². The van der Waals surface area contributed by atoms with Crippen molar-refractivity contribution < 1.29 is 19.1 Å². The van der Waals surface area contributed by atoms with Crippen LogP contribution >= 0.6 is 22.6 Å². The molecule has 0 spiro atoms. The Labute approximate surface area is 96.0 Å². The number of carbonyl (C=O) groups is 2. The van der Waals surface area contributed by atoms with Crippen LogP contribution < -0.4 is 5.32 Å². The molecule has 0 aromatic heterocycles. The number of carbonyl (C=O) groups excluding carboxylic acids is 2. The van der Waals surface area contributed by atoms with E-state index >= 15 is 0 Å². The molecule has 1 amide bonds. The van der Waals surface area contributed by atoms with E-state index in [1.165, 1.54) is 13.2 Å². The lowest BCUT2D eigenvalue weighted by Crippen LogP contribution is -2.42. The van der Waals surface area contributed by atoms with Crippen molar-refractivity contribution in [3.05, 3.63) is 12.7 Å². The van der Waals surface area contributed by atoms with E-state index < -0.39 is 18.1 Å². The molecule has 0 aromatic carbocycles. The lowest BCUT2D eigenvalue weighted by atomic mass is 10.3. The summed E-state index contributed by atoms with van der Waals surface area (Å²) < 4.78 is 9.54. The minimum absolute atomic E-state index is 0.112. The second-order valence-corrected chi connectivity index (χ2v) is 3.14. The van der Waals surface area contributed by atoms with Gasteiger partial charge in [-0.1, -0.05) is 35.2 Å². The number of hydrogen-bond donors (Lipinski definition) is 1. The Hall–Kier alpha value is -0.790. The molecule has 0 rings (SSSR count). The van der Waals surface area contributed by atoms with Crippen molar-refractivity contribution >= 4 is 34.7 Å². The molecule has 0 bridgehead atoms. The summed E-state index contributed by atoms with van der Waals surface area (Å²) in [6.45, 7) is 3.50. The van der Waals surface area contributed by atoms with Crippen LogP contribution in [-0.4, -0.2) is 36.2 Å². The minimum atomic E-state index is -0.669. The van der Waals surface area contributed by atoms with Crippen molar-refractivity contribution in [1.29, 1.82) is 0 Å². The van der Waals surface area contributed by atoms with Crippen LogP contribution in [0.25, 0.3) is 0 Å². The Morgan fingerprint density at radius 3 is 2.71 bits per heavy atom. The van der Waals surface area contributed by atoms with E-state index in [2.05, 4.69) is 21.4 Å². The third-order valence-electron chi connectivity index (χ3n) is 1.26. The molecule has 0 saturated heterocycles. The van der Waals surface area contributed by atoms with E-state index in [-0.39, 0.29) is 6.61 Å². The fourth-order valence-electron chi connectivity index (χ4n) is 0.621. The Morgan fingerprint density at radius 1 is 1.64 bits per heavy atom. The fourth-order valence-corrected chi connectivity index (χ4v) is 1.20. The first-order valence-corrected chi connectivity index (χ1v) is 5.36. The van der Waals surface area contributed by atoms with Gasteiger partial charge in [0.1, 0.15) is 12.6 Å². The Balaban J connectivity index is 3.98.